The first-order valence-corrected chi connectivity index (χ1v) is 10.5. The first-order chi connectivity index (χ1) is 15.0. The molecule has 3 aromatic rings. The van der Waals surface area contributed by atoms with Gasteiger partial charge in [-0.3, -0.25) is 19.5 Å². The molecule has 2 amide bonds. The molecule has 31 heavy (non-hydrogen) atoms. The second-order valence-corrected chi connectivity index (χ2v) is 8.17. The third-order valence-corrected chi connectivity index (χ3v) is 5.85. The van der Waals surface area contributed by atoms with Crippen LogP contribution < -0.4 is 10.2 Å². The summed E-state index contributed by atoms with van der Waals surface area (Å²) in [7, 11) is 1.72. The van der Waals surface area contributed by atoms with E-state index in [1.54, 1.807) is 22.8 Å². The molecule has 10 nitrogen and oxygen atoms in total. The van der Waals surface area contributed by atoms with Crippen LogP contribution in [0.1, 0.15) is 52.8 Å². The summed E-state index contributed by atoms with van der Waals surface area (Å²) in [5.74, 6) is 0.688. The van der Waals surface area contributed by atoms with Gasteiger partial charge in [0, 0.05) is 31.8 Å². The smallest absolute Gasteiger partial charge is 0.291 e. The number of carbonyl (C=O) groups excluding carboxylic acids is 2. The predicted molar refractivity (Wildman–Crippen MR) is 112 cm³/mol. The molecular weight excluding hydrogens is 396 g/mol. The SMILES string of the molecule is Cc1cccnc1Cn1cnc(C(=O)N[C@H]2CCn3nc(C4CC4)cc3N(C)C2=O)n1. The van der Waals surface area contributed by atoms with Gasteiger partial charge in [-0.15, -0.1) is 5.10 Å². The monoisotopic (exact) mass is 420 g/mol. The largest absolute Gasteiger partial charge is 0.337 e. The Morgan fingerprint density at radius 2 is 2.06 bits per heavy atom. The molecule has 1 N–H and O–H groups in total. The van der Waals surface area contributed by atoms with Crippen LogP contribution in [0.3, 0.4) is 0 Å². The van der Waals surface area contributed by atoms with Gasteiger partial charge in [0.05, 0.1) is 17.9 Å². The summed E-state index contributed by atoms with van der Waals surface area (Å²) in [5.41, 5.74) is 2.95. The number of nitrogens with zero attached hydrogens (tertiary/aromatic N) is 7. The number of anilines is 1. The van der Waals surface area contributed by atoms with Gasteiger partial charge in [-0.1, -0.05) is 6.07 Å². The lowest BCUT2D eigenvalue weighted by atomic mass is 10.2. The summed E-state index contributed by atoms with van der Waals surface area (Å²) >= 11 is 0. The Morgan fingerprint density at radius 1 is 1.23 bits per heavy atom. The molecule has 4 heterocycles. The molecule has 0 aromatic carbocycles. The summed E-state index contributed by atoms with van der Waals surface area (Å²) < 4.78 is 3.43. The lowest BCUT2D eigenvalue weighted by molar-refractivity contribution is -0.120. The first-order valence-electron chi connectivity index (χ1n) is 10.5. The van der Waals surface area contributed by atoms with E-state index >= 15 is 0 Å². The van der Waals surface area contributed by atoms with Gasteiger partial charge in [-0.05, 0) is 37.8 Å². The highest BCUT2D eigenvalue weighted by molar-refractivity contribution is 6.00. The minimum absolute atomic E-state index is 0.0297. The van der Waals surface area contributed by atoms with Crippen LogP contribution in [0.5, 0.6) is 0 Å². The molecular formula is C21H24N8O2. The first kappa shape index (κ1) is 19.4. The minimum atomic E-state index is -0.659. The van der Waals surface area contributed by atoms with Gasteiger partial charge in [0.1, 0.15) is 18.2 Å². The van der Waals surface area contributed by atoms with Crippen molar-refractivity contribution in [2.24, 2.45) is 0 Å². The number of fused-ring (bicyclic) bond motifs is 1. The van der Waals surface area contributed by atoms with E-state index in [0.717, 1.165) is 35.6 Å². The van der Waals surface area contributed by atoms with Crippen LogP contribution in [0.25, 0.3) is 0 Å². The highest BCUT2D eigenvalue weighted by Gasteiger charge is 2.34. The minimum Gasteiger partial charge on any atom is -0.337 e. The van der Waals surface area contributed by atoms with Gasteiger partial charge in [0.15, 0.2) is 0 Å². The third kappa shape index (κ3) is 3.80. The number of hydrogen-bond acceptors (Lipinski definition) is 6. The summed E-state index contributed by atoms with van der Waals surface area (Å²) in [6.45, 7) is 2.95. The number of hydrogen-bond donors (Lipinski definition) is 1. The summed E-state index contributed by atoms with van der Waals surface area (Å²) in [6, 6.07) is 5.18. The second-order valence-electron chi connectivity index (χ2n) is 8.17. The van der Waals surface area contributed by atoms with Crippen molar-refractivity contribution >= 4 is 17.6 Å². The topological polar surface area (TPSA) is 111 Å². The van der Waals surface area contributed by atoms with E-state index in [9.17, 15) is 9.59 Å². The Hall–Kier alpha value is -3.56. The molecule has 1 aliphatic carbocycles. The van der Waals surface area contributed by atoms with Crippen molar-refractivity contribution in [2.45, 2.75) is 51.2 Å². The number of carbonyl (C=O) groups is 2. The van der Waals surface area contributed by atoms with Gasteiger partial charge < -0.3 is 5.32 Å². The van der Waals surface area contributed by atoms with Gasteiger partial charge in [-0.2, -0.15) is 5.10 Å². The zero-order chi connectivity index (χ0) is 21.5. The molecule has 10 heteroatoms. The Labute approximate surface area is 179 Å². The molecule has 160 valence electrons. The summed E-state index contributed by atoms with van der Waals surface area (Å²) in [4.78, 5) is 35.7. The molecule has 0 saturated heterocycles. The molecule has 1 saturated carbocycles. The molecule has 1 aliphatic heterocycles. The summed E-state index contributed by atoms with van der Waals surface area (Å²) in [5, 5.41) is 11.7. The van der Waals surface area contributed by atoms with Crippen molar-refractivity contribution in [3.63, 3.8) is 0 Å². The maximum absolute atomic E-state index is 13.0. The average Bonchev–Trinajstić information content (AvgIpc) is 3.38. The van der Waals surface area contributed by atoms with Crippen LogP contribution in [0.15, 0.2) is 30.7 Å². The van der Waals surface area contributed by atoms with Crippen LogP contribution in [-0.2, 0) is 17.9 Å². The van der Waals surface area contributed by atoms with E-state index in [0.29, 0.717) is 25.4 Å². The van der Waals surface area contributed by atoms with E-state index < -0.39 is 11.9 Å². The molecule has 0 unspecified atom stereocenters. The van der Waals surface area contributed by atoms with E-state index in [4.69, 9.17) is 0 Å². The fraction of sp³-hybridized carbons (Fsp3) is 0.429. The zero-order valence-electron chi connectivity index (χ0n) is 17.5. The molecule has 0 bridgehead atoms. The van der Waals surface area contributed by atoms with Crippen molar-refractivity contribution in [1.29, 1.82) is 0 Å². The van der Waals surface area contributed by atoms with E-state index in [2.05, 4.69) is 25.5 Å². The standard InChI is InChI=1S/C21H24N8O2/c1-13-4-3-8-22-17(13)11-28-12-23-19(26-28)20(30)24-15-7-9-29-18(27(2)21(15)31)10-16(25-29)14-5-6-14/h3-4,8,10,12,14-15H,5-7,9,11H2,1-2H3,(H,24,30)/t15-/m0/s1. The van der Waals surface area contributed by atoms with Gasteiger partial charge in [-0.25, -0.2) is 14.3 Å². The highest BCUT2D eigenvalue weighted by Crippen LogP contribution is 2.40. The quantitative estimate of drug-likeness (QED) is 0.665. The van der Waals surface area contributed by atoms with Crippen LogP contribution in [0, 0.1) is 6.92 Å². The van der Waals surface area contributed by atoms with Gasteiger partial charge >= 0.3 is 0 Å². The van der Waals surface area contributed by atoms with Crippen molar-refractivity contribution in [3.8, 4) is 0 Å². The van der Waals surface area contributed by atoms with E-state index in [1.807, 2.05) is 29.8 Å². The molecule has 2 aliphatic rings. The predicted octanol–water partition coefficient (Wildman–Crippen LogP) is 1.27. The van der Waals surface area contributed by atoms with Crippen LogP contribution in [0.2, 0.25) is 0 Å². The number of aryl methyl sites for hydroxylation is 2. The number of pyridine rings is 1. The fourth-order valence-corrected chi connectivity index (χ4v) is 3.83. The number of likely N-dealkylation sites (N-methyl/N-ethyl adjacent to an activating group) is 1. The Balaban J connectivity index is 1.26. The third-order valence-electron chi connectivity index (χ3n) is 5.85. The molecule has 1 fully saturated rings. The maximum Gasteiger partial charge on any atom is 0.291 e. The number of aromatic nitrogens is 6. The van der Waals surface area contributed by atoms with Crippen LogP contribution in [-0.4, -0.2) is 54.4 Å². The highest BCUT2D eigenvalue weighted by atomic mass is 16.2. The van der Waals surface area contributed by atoms with E-state index in [-0.39, 0.29) is 11.7 Å². The van der Waals surface area contributed by atoms with Crippen molar-refractivity contribution in [1.82, 2.24) is 34.8 Å². The van der Waals surface area contributed by atoms with Crippen molar-refractivity contribution < 1.29 is 9.59 Å². The fourth-order valence-electron chi connectivity index (χ4n) is 3.83. The lowest BCUT2D eigenvalue weighted by Gasteiger charge is -2.19. The normalized spacial score (nSPS) is 18.6. The number of nitrogens with one attached hydrogen (secondary N) is 1. The maximum atomic E-state index is 13.0. The van der Waals surface area contributed by atoms with Gasteiger partial charge in [0.2, 0.25) is 5.82 Å². The Morgan fingerprint density at radius 3 is 2.84 bits per heavy atom. The molecule has 0 spiro atoms. The molecule has 5 rings (SSSR count). The van der Waals surface area contributed by atoms with E-state index in [1.165, 1.54) is 6.33 Å². The summed E-state index contributed by atoms with van der Waals surface area (Å²) in [6.07, 6.45) is 6.00. The number of amides is 2. The zero-order valence-corrected chi connectivity index (χ0v) is 17.5. The van der Waals surface area contributed by atoms with Crippen LogP contribution in [0.4, 0.5) is 5.82 Å². The molecule has 1 atom stereocenters. The molecule has 0 radical (unpaired) electrons. The lowest BCUT2D eigenvalue weighted by Crippen LogP contribution is -2.47. The molecule has 3 aromatic heterocycles. The van der Waals surface area contributed by atoms with Crippen LogP contribution >= 0.6 is 0 Å². The van der Waals surface area contributed by atoms with Crippen molar-refractivity contribution in [3.05, 3.63) is 53.5 Å². The van der Waals surface area contributed by atoms with Gasteiger partial charge in [0.25, 0.3) is 11.8 Å². The Kier molecular flexibility index (Phi) is 4.76. The second kappa shape index (κ2) is 7.60. The van der Waals surface area contributed by atoms with Crippen molar-refractivity contribution in [2.75, 3.05) is 11.9 Å². The average molecular weight is 420 g/mol. The Bertz CT molecular complexity index is 1150. The number of rotatable bonds is 5.